The minimum absolute atomic E-state index is 0. The van der Waals surface area contributed by atoms with Crippen molar-refractivity contribution in [3.8, 4) is 0 Å². The second-order valence-corrected chi connectivity index (χ2v) is 4.88. The van der Waals surface area contributed by atoms with Crippen LogP contribution in [0.2, 0.25) is 0 Å². The van der Waals surface area contributed by atoms with E-state index in [-0.39, 0.29) is 18.3 Å². The summed E-state index contributed by atoms with van der Waals surface area (Å²) < 4.78 is 0. The zero-order valence-corrected chi connectivity index (χ0v) is 11.7. The summed E-state index contributed by atoms with van der Waals surface area (Å²) >= 11 is 0. The monoisotopic (exact) mass is 284 g/mol. The van der Waals surface area contributed by atoms with Crippen molar-refractivity contribution in [1.29, 1.82) is 0 Å². The molecule has 1 aromatic carbocycles. The Kier molecular flexibility index (Phi) is 6.84. The molecule has 1 atom stereocenters. The van der Waals surface area contributed by atoms with Crippen molar-refractivity contribution in [2.24, 2.45) is 5.92 Å². The van der Waals surface area contributed by atoms with E-state index in [2.05, 4.69) is 10.6 Å². The summed E-state index contributed by atoms with van der Waals surface area (Å²) in [6.07, 6.45) is 0.618. The molecule has 1 aliphatic rings. The Morgan fingerprint density at radius 1 is 1.37 bits per heavy atom. The van der Waals surface area contributed by atoms with Crippen LogP contribution in [0, 0.1) is 5.92 Å². The van der Waals surface area contributed by atoms with Crippen molar-refractivity contribution < 1.29 is 9.90 Å². The van der Waals surface area contributed by atoms with Crippen LogP contribution >= 0.6 is 12.4 Å². The fraction of sp³-hybridized carbons (Fsp3) is 0.500. The van der Waals surface area contributed by atoms with Gasteiger partial charge in [0.05, 0.1) is 6.10 Å². The topological polar surface area (TPSA) is 61.4 Å². The highest BCUT2D eigenvalue weighted by molar-refractivity contribution is 5.85. The van der Waals surface area contributed by atoms with Crippen molar-refractivity contribution in [3.05, 3.63) is 35.9 Å². The van der Waals surface area contributed by atoms with Gasteiger partial charge in [0.2, 0.25) is 5.91 Å². The zero-order chi connectivity index (χ0) is 12.8. The first-order valence-corrected chi connectivity index (χ1v) is 6.43. The molecule has 0 radical (unpaired) electrons. The Bertz CT molecular complexity index is 382. The van der Waals surface area contributed by atoms with Gasteiger partial charge in [-0.2, -0.15) is 0 Å². The quantitative estimate of drug-likeness (QED) is 0.722. The van der Waals surface area contributed by atoms with Crippen LogP contribution in [0.15, 0.2) is 30.3 Å². The van der Waals surface area contributed by atoms with Crippen LogP contribution in [-0.2, 0) is 11.2 Å². The van der Waals surface area contributed by atoms with Gasteiger partial charge in [-0.25, -0.2) is 0 Å². The molecule has 3 N–H and O–H groups in total. The van der Waals surface area contributed by atoms with E-state index in [0.29, 0.717) is 25.3 Å². The van der Waals surface area contributed by atoms with Gasteiger partial charge < -0.3 is 15.7 Å². The van der Waals surface area contributed by atoms with Gasteiger partial charge in [0, 0.05) is 19.4 Å². The average molecular weight is 285 g/mol. The molecule has 19 heavy (non-hydrogen) atoms. The lowest BCUT2D eigenvalue weighted by Crippen LogP contribution is -2.45. The minimum atomic E-state index is -0.518. The van der Waals surface area contributed by atoms with E-state index >= 15 is 0 Å². The first kappa shape index (κ1) is 16.0. The van der Waals surface area contributed by atoms with Crippen LogP contribution in [0.5, 0.6) is 0 Å². The van der Waals surface area contributed by atoms with Crippen molar-refractivity contribution in [3.63, 3.8) is 0 Å². The molecule has 4 nitrogen and oxygen atoms in total. The maximum Gasteiger partial charge on any atom is 0.220 e. The molecular formula is C14H21ClN2O2. The highest BCUT2D eigenvalue weighted by atomic mass is 35.5. The van der Waals surface area contributed by atoms with Gasteiger partial charge in [-0.15, -0.1) is 12.4 Å². The van der Waals surface area contributed by atoms with E-state index in [0.717, 1.165) is 18.7 Å². The third-order valence-electron chi connectivity index (χ3n) is 3.19. The second-order valence-electron chi connectivity index (χ2n) is 4.88. The molecule has 2 rings (SSSR count). The maximum atomic E-state index is 11.6. The lowest BCUT2D eigenvalue weighted by Gasteiger charge is -2.26. The number of hydrogen-bond acceptors (Lipinski definition) is 3. The molecule has 106 valence electrons. The highest BCUT2D eigenvalue weighted by Crippen LogP contribution is 2.07. The molecule has 1 unspecified atom stereocenters. The smallest absolute Gasteiger partial charge is 0.220 e. The maximum absolute atomic E-state index is 11.6. The summed E-state index contributed by atoms with van der Waals surface area (Å²) in [5, 5.41) is 15.7. The second kappa shape index (κ2) is 8.15. The lowest BCUT2D eigenvalue weighted by molar-refractivity contribution is -0.122. The predicted molar refractivity (Wildman–Crippen MR) is 77.4 cm³/mol. The van der Waals surface area contributed by atoms with Gasteiger partial charge in [-0.1, -0.05) is 30.3 Å². The summed E-state index contributed by atoms with van der Waals surface area (Å²) in [6, 6.07) is 9.80. The molecule has 1 saturated heterocycles. The SMILES string of the molecule is Cl.O=C(CC1CNC1)NCC(O)Cc1ccccc1. The molecule has 5 heteroatoms. The van der Waals surface area contributed by atoms with Crippen LogP contribution in [0.1, 0.15) is 12.0 Å². The number of aliphatic hydroxyl groups is 1. The number of halogens is 1. The van der Waals surface area contributed by atoms with Gasteiger partial charge in [0.25, 0.3) is 0 Å². The van der Waals surface area contributed by atoms with Crippen molar-refractivity contribution in [2.45, 2.75) is 18.9 Å². The van der Waals surface area contributed by atoms with Crippen molar-refractivity contribution in [1.82, 2.24) is 10.6 Å². The van der Waals surface area contributed by atoms with Gasteiger partial charge in [-0.05, 0) is 24.6 Å². The lowest BCUT2D eigenvalue weighted by atomic mass is 9.99. The number of aliphatic hydroxyl groups excluding tert-OH is 1. The summed E-state index contributed by atoms with van der Waals surface area (Å²) in [5.74, 6) is 0.505. The summed E-state index contributed by atoms with van der Waals surface area (Å²) in [7, 11) is 0. The first-order valence-electron chi connectivity index (χ1n) is 6.43. The normalized spacial score (nSPS) is 16.1. The van der Waals surface area contributed by atoms with Crippen LogP contribution in [-0.4, -0.2) is 36.8 Å². The Morgan fingerprint density at radius 3 is 2.63 bits per heavy atom. The fourth-order valence-corrected chi connectivity index (χ4v) is 2.02. The minimum Gasteiger partial charge on any atom is -0.391 e. The van der Waals surface area contributed by atoms with Gasteiger partial charge in [0.15, 0.2) is 0 Å². The number of carbonyl (C=O) groups is 1. The number of rotatable bonds is 6. The van der Waals surface area contributed by atoms with Crippen LogP contribution in [0.3, 0.4) is 0 Å². The predicted octanol–water partition coefficient (Wildman–Crippen LogP) is 0.737. The fourth-order valence-electron chi connectivity index (χ4n) is 2.02. The number of nitrogens with one attached hydrogen (secondary N) is 2. The summed E-state index contributed by atoms with van der Waals surface area (Å²) in [4.78, 5) is 11.6. The largest absolute Gasteiger partial charge is 0.391 e. The van der Waals surface area contributed by atoms with E-state index in [4.69, 9.17) is 0 Å². The van der Waals surface area contributed by atoms with Gasteiger partial charge in [-0.3, -0.25) is 4.79 Å². The van der Waals surface area contributed by atoms with E-state index in [1.807, 2.05) is 30.3 Å². The molecule has 1 aromatic rings. The third-order valence-corrected chi connectivity index (χ3v) is 3.19. The molecule has 1 aliphatic heterocycles. The van der Waals surface area contributed by atoms with Gasteiger partial charge in [0.1, 0.15) is 0 Å². The molecule has 0 aliphatic carbocycles. The van der Waals surface area contributed by atoms with E-state index < -0.39 is 6.10 Å². The molecule has 1 heterocycles. The highest BCUT2D eigenvalue weighted by Gasteiger charge is 2.20. The van der Waals surface area contributed by atoms with E-state index in [1.165, 1.54) is 0 Å². The zero-order valence-electron chi connectivity index (χ0n) is 10.8. The van der Waals surface area contributed by atoms with E-state index in [1.54, 1.807) is 0 Å². The number of carbonyl (C=O) groups excluding carboxylic acids is 1. The van der Waals surface area contributed by atoms with Gasteiger partial charge >= 0.3 is 0 Å². The van der Waals surface area contributed by atoms with E-state index in [9.17, 15) is 9.90 Å². The third kappa shape index (κ3) is 5.59. The van der Waals surface area contributed by atoms with Crippen LogP contribution in [0.25, 0.3) is 0 Å². The first-order chi connectivity index (χ1) is 8.74. The summed E-state index contributed by atoms with van der Waals surface area (Å²) in [5.41, 5.74) is 1.09. The Labute approximate surface area is 120 Å². The molecule has 0 bridgehead atoms. The molecular weight excluding hydrogens is 264 g/mol. The Hall–Kier alpha value is -1.10. The standard InChI is InChI=1S/C14H20N2O2.ClH/c17-13(6-11-4-2-1-3-5-11)10-16-14(18)7-12-8-15-9-12;/h1-5,12-13,15,17H,6-10H2,(H,16,18);1H. The Balaban J connectivity index is 0.00000180. The van der Waals surface area contributed by atoms with Crippen molar-refractivity contribution >= 4 is 18.3 Å². The number of benzene rings is 1. The molecule has 1 amide bonds. The van der Waals surface area contributed by atoms with Crippen molar-refractivity contribution in [2.75, 3.05) is 19.6 Å². The molecule has 0 aromatic heterocycles. The number of amides is 1. The Morgan fingerprint density at radius 2 is 2.05 bits per heavy atom. The summed E-state index contributed by atoms with van der Waals surface area (Å²) in [6.45, 7) is 2.19. The molecule has 0 spiro atoms. The number of hydrogen-bond donors (Lipinski definition) is 3. The van der Waals surface area contributed by atoms with Crippen LogP contribution < -0.4 is 10.6 Å². The van der Waals surface area contributed by atoms with Crippen LogP contribution in [0.4, 0.5) is 0 Å². The molecule has 0 saturated carbocycles. The average Bonchev–Trinajstić information content (AvgIpc) is 2.33. The molecule has 1 fully saturated rings.